The highest BCUT2D eigenvalue weighted by molar-refractivity contribution is 5.91. The van der Waals surface area contributed by atoms with Crippen molar-refractivity contribution in [3.05, 3.63) is 59.7 Å². The summed E-state index contributed by atoms with van der Waals surface area (Å²) in [7, 11) is 0. The number of esters is 1. The van der Waals surface area contributed by atoms with Crippen molar-refractivity contribution in [1.82, 2.24) is 4.90 Å². The lowest BCUT2D eigenvalue weighted by Gasteiger charge is -2.26. The minimum Gasteiger partial charge on any atom is -0.423 e. The fourth-order valence-corrected chi connectivity index (χ4v) is 2.62. The number of halogens is 1. The van der Waals surface area contributed by atoms with Crippen molar-refractivity contribution in [3.63, 3.8) is 0 Å². The Kier molecular flexibility index (Phi) is 7.25. The predicted octanol–water partition coefficient (Wildman–Crippen LogP) is 2.78. The van der Waals surface area contributed by atoms with Crippen LogP contribution in [-0.2, 0) is 11.2 Å². The van der Waals surface area contributed by atoms with Crippen molar-refractivity contribution in [3.8, 4) is 5.75 Å². The van der Waals surface area contributed by atoms with E-state index in [9.17, 15) is 4.79 Å². The first kappa shape index (κ1) is 19.2. The quantitative estimate of drug-likeness (QED) is 0.503. The maximum absolute atomic E-state index is 12.1. The number of nitrogens with two attached hydrogens (primary N) is 1. The molecule has 0 unspecified atom stereocenters. The molecule has 0 amide bonds. The van der Waals surface area contributed by atoms with Gasteiger partial charge < -0.3 is 15.2 Å². The largest absolute Gasteiger partial charge is 0.423 e. The molecule has 1 heterocycles. The summed E-state index contributed by atoms with van der Waals surface area (Å²) < 4.78 is 10.7. The van der Waals surface area contributed by atoms with Crippen LogP contribution in [0.4, 0.5) is 5.69 Å². The Hall–Kier alpha value is -2.08. The summed E-state index contributed by atoms with van der Waals surface area (Å²) in [5, 5.41) is 0. The normalized spacial score (nSPS) is 14.6. The molecule has 1 aliphatic heterocycles. The van der Waals surface area contributed by atoms with Gasteiger partial charge in [0.05, 0.1) is 18.8 Å². The molecule has 5 nitrogen and oxygen atoms in total. The Morgan fingerprint density at radius 3 is 2.32 bits per heavy atom. The molecule has 2 aromatic carbocycles. The van der Waals surface area contributed by atoms with Crippen LogP contribution in [0, 0.1) is 0 Å². The summed E-state index contributed by atoms with van der Waals surface area (Å²) in [6.45, 7) is 4.66. The SMILES string of the molecule is Cl.Nc1ccc(C(=O)Oc2ccc(CCN3CCOCC3)cc2)cc1. The van der Waals surface area contributed by atoms with Crippen LogP contribution in [0.5, 0.6) is 5.75 Å². The first-order valence-corrected chi connectivity index (χ1v) is 8.17. The Labute approximate surface area is 154 Å². The summed E-state index contributed by atoms with van der Waals surface area (Å²) in [4.78, 5) is 14.5. The third-order valence-corrected chi connectivity index (χ3v) is 4.10. The van der Waals surface area contributed by atoms with E-state index in [2.05, 4.69) is 4.90 Å². The number of carbonyl (C=O) groups excluding carboxylic acids is 1. The number of carbonyl (C=O) groups is 1. The molecular formula is C19H23ClN2O3. The molecule has 0 radical (unpaired) electrons. The fourth-order valence-electron chi connectivity index (χ4n) is 2.62. The highest BCUT2D eigenvalue weighted by Crippen LogP contribution is 2.16. The molecule has 134 valence electrons. The third-order valence-electron chi connectivity index (χ3n) is 4.10. The zero-order valence-electron chi connectivity index (χ0n) is 14.0. The summed E-state index contributed by atoms with van der Waals surface area (Å²) in [6.07, 6.45) is 0.978. The molecule has 2 aromatic rings. The van der Waals surface area contributed by atoms with Crippen LogP contribution in [0.1, 0.15) is 15.9 Å². The molecule has 6 heteroatoms. The summed E-state index contributed by atoms with van der Waals surface area (Å²) >= 11 is 0. The van der Waals surface area contributed by atoms with Gasteiger partial charge in [-0.25, -0.2) is 4.79 Å². The standard InChI is InChI=1S/C19H22N2O3.ClH/c20-17-5-3-16(4-6-17)19(22)24-18-7-1-15(2-8-18)9-10-21-11-13-23-14-12-21;/h1-8H,9-14,20H2;1H. The van der Waals surface area contributed by atoms with E-state index in [1.807, 2.05) is 24.3 Å². The van der Waals surface area contributed by atoms with Crippen molar-refractivity contribution < 1.29 is 14.3 Å². The second kappa shape index (κ2) is 9.42. The van der Waals surface area contributed by atoms with E-state index < -0.39 is 0 Å². The number of morpholine rings is 1. The molecule has 1 aliphatic rings. The Balaban J connectivity index is 0.00000225. The fraction of sp³-hybridized carbons (Fsp3) is 0.316. The molecule has 0 bridgehead atoms. The van der Waals surface area contributed by atoms with Crippen LogP contribution >= 0.6 is 12.4 Å². The summed E-state index contributed by atoms with van der Waals surface area (Å²) in [6, 6.07) is 14.4. The summed E-state index contributed by atoms with van der Waals surface area (Å²) in [5.74, 6) is 0.169. The van der Waals surface area contributed by atoms with Gasteiger partial charge in [-0.3, -0.25) is 4.90 Å². The second-order valence-corrected chi connectivity index (χ2v) is 5.86. The monoisotopic (exact) mass is 362 g/mol. The van der Waals surface area contributed by atoms with Gasteiger partial charge in [0.25, 0.3) is 0 Å². The predicted molar refractivity (Wildman–Crippen MR) is 100 cm³/mol. The lowest BCUT2D eigenvalue weighted by molar-refractivity contribution is 0.0384. The second-order valence-electron chi connectivity index (χ2n) is 5.86. The number of benzene rings is 2. The van der Waals surface area contributed by atoms with Crippen molar-refractivity contribution in [1.29, 1.82) is 0 Å². The maximum atomic E-state index is 12.1. The van der Waals surface area contributed by atoms with E-state index in [-0.39, 0.29) is 18.4 Å². The molecular weight excluding hydrogens is 340 g/mol. The van der Waals surface area contributed by atoms with Crippen molar-refractivity contribution >= 4 is 24.1 Å². The Morgan fingerprint density at radius 1 is 1.04 bits per heavy atom. The minimum absolute atomic E-state index is 0. The van der Waals surface area contributed by atoms with E-state index in [4.69, 9.17) is 15.2 Å². The lowest BCUT2D eigenvalue weighted by atomic mass is 10.1. The molecule has 25 heavy (non-hydrogen) atoms. The highest BCUT2D eigenvalue weighted by Gasteiger charge is 2.11. The van der Waals surface area contributed by atoms with Crippen LogP contribution in [0.3, 0.4) is 0 Å². The average Bonchev–Trinajstić information content (AvgIpc) is 2.62. The van der Waals surface area contributed by atoms with Gasteiger partial charge in [0.1, 0.15) is 5.75 Å². The van der Waals surface area contributed by atoms with Gasteiger partial charge >= 0.3 is 5.97 Å². The van der Waals surface area contributed by atoms with Gasteiger partial charge in [-0.15, -0.1) is 12.4 Å². The summed E-state index contributed by atoms with van der Waals surface area (Å²) in [5.41, 5.74) is 7.95. The smallest absolute Gasteiger partial charge is 0.343 e. The van der Waals surface area contributed by atoms with Crippen LogP contribution in [0.2, 0.25) is 0 Å². The Bertz CT molecular complexity index is 668. The van der Waals surface area contributed by atoms with E-state index in [1.54, 1.807) is 24.3 Å². The third kappa shape index (κ3) is 5.74. The van der Waals surface area contributed by atoms with Gasteiger partial charge in [-0.1, -0.05) is 12.1 Å². The number of anilines is 1. The maximum Gasteiger partial charge on any atom is 0.343 e. The zero-order chi connectivity index (χ0) is 16.8. The molecule has 0 saturated carbocycles. The molecule has 1 fully saturated rings. The zero-order valence-corrected chi connectivity index (χ0v) is 14.8. The molecule has 0 aliphatic carbocycles. The molecule has 2 N–H and O–H groups in total. The number of rotatable bonds is 5. The van der Waals surface area contributed by atoms with E-state index >= 15 is 0 Å². The topological polar surface area (TPSA) is 64.8 Å². The van der Waals surface area contributed by atoms with Gasteiger partial charge in [0.2, 0.25) is 0 Å². The molecule has 0 spiro atoms. The number of nitrogen functional groups attached to an aromatic ring is 1. The van der Waals surface area contributed by atoms with Crippen molar-refractivity contribution in [2.24, 2.45) is 0 Å². The van der Waals surface area contributed by atoms with E-state index in [0.717, 1.165) is 39.3 Å². The molecule has 1 saturated heterocycles. The highest BCUT2D eigenvalue weighted by atomic mass is 35.5. The number of hydrogen-bond donors (Lipinski definition) is 1. The van der Waals surface area contributed by atoms with E-state index in [0.29, 0.717) is 17.0 Å². The number of hydrogen-bond acceptors (Lipinski definition) is 5. The van der Waals surface area contributed by atoms with Gasteiger partial charge in [0, 0.05) is 25.3 Å². The molecule has 0 aromatic heterocycles. The number of nitrogens with zero attached hydrogens (tertiary/aromatic N) is 1. The minimum atomic E-state index is -0.379. The van der Waals surface area contributed by atoms with Crippen LogP contribution in [0.25, 0.3) is 0 Å². The molecule has 0 atom stereocenters. The average molecular weight is 363 g/mol. The van der Waals surface area contributed by atoms with Crippen molar-refractivity contribution in [2.45, 2.75) is 6.42 Å². The van der Waals surface area contributed by atoms with Crippen LogP contribution in [-0.4, -0.2) is 43.7 Å². The Morgan fingerprint density at radius 2 is 1.68 bits per heavy atom. The van der Waals surface area contributed by atoms with Crippen LogP contribution < -0.4 is 10.5 Å². The van der Waals surface area contributed by atoms with E-state index in [1.165, 1.54) is 5.56 Å². The first-order valence-electron chi connectivity index (χ1n) is 8.17. The van der Waals surface area contributed by atoms with Gasteiger partial charge in [-0.2, -0.15) is 0 Å². The lowest BCUT2D eigenvalue weighted by Crippen LogP contribution is -2.37. The number of ether oxygens (including phenoxy) is 2. The van der Waals surface area contributed by atoms with Gasteiger partial charge in [-0.05, 0) is 48.4 Å². The van der Waals surface area contributed by atoms with Gasteiger partial charge in [0.15, 0.2) is 0 Å². The van der Waals surface area contributed by atoms with Crippen molar-refractivity contribution in [2.75, 3.05) is 38.6 Å². The van der Waals surface area contributed by atoms with Crippen LogP contribution in [0.15, 0.2) is 48.5 Å². The first-order chi connectivity index (χ1) is 11.7. The molecule has 3 rings (SSSR count).